The lowest BCUT2D eigenvalue weighted by Crippen LogP contribution is -2.36. The van der Waals surface area contributed by atoms with Crippen LogP contribution >= 0.6 is 0 Å². The number of aromatic nitrogens is 5. The van der Waals surface area contributed by atoms with Gasteiger partial charge in [-0.3, -0.25) is 9.78 Å². The van der Waals surface area contributed by atoms with Crippen LogP contribution in [0.15, 0.2) is 18.7 Å². The maximum atomic E-state index is 4.40. The predicted octanol–water partition coefficient (Wildman–Crippen LogP) is 1.19. The lowest BCUT2D eigenvalue weighted by atomic mass is 9.95. The van der Waals surface area contributed by atoms with Crippen molar-refractivity contribution >= 4 is 0 Å². The van der Waals surface area contributed by atoms with Crippen molar-refractivity contribution < 1.29 is 0 Å². The molecule has 19 heavy (non-hydrogen) atoms. The molecule has 2 aromatic heterocycles. The third kappa shape index (κ3) is 3.01. The molecule has 0 aliphatic carbocycles. The van der Waals surface area contributed by atoms with Gasteiger partial charge < -0.3 is 4.90 Å². The highest BCUT2D eigenvalue weighted by Crippen LogP contribution is 2.25. The Hall–Kier alpha value is -1.69. The predicted molar refractivity (Wildman–Crippen MR) is 71.8 cm³/mol. The largest absolute Gasteiger partial charge is 0.301 e. The quantitative estimate of drug-likeness (QED) is 0.897. The third-order valence-corrected chi connectivity index (χ3v) is 3.76. The molecule has 3 rings (SSSR count). The lowest BCUT2D eigenvalue weighted by Gasteiger charge is -2.31. The van der Waals surface area contributed by atoms with Crippen molar-refractivity contribution in [1.82, 2.24) is 29.9 Å². The van der Waals surface area contributed by atoms with Crippen LogP contribution in [-0.4, -0.2) is 49.5 Å². The summed E-state index contributed by atoms with van der Waals surface area (Å²) < 4.78 is 1.89. The van der Waals surface area contributed by atoms with Gasteiger partial charge in [-0.05, 0) is 32.4 Å². The molecule has 0 radical (unpaired) electrons. The summed E-state index contributed by atoms with van der Waals surface area (Å²) in [7, 11) is 0. The molecule has 1 aliphatic rings. The number of H-pyrrole nitrogens is 1. The molecule has 3 heterocycles. The van der Waals surface area contributed by atoms with Gasteiger partial charge in [0.25, 0.3) is 0 Å². The van der Waals surface area contributed by atoms with Crippen LogP contribution in [0.25, 0.3) is 0 Å². The lowest BCUT2D eigenvalue weighted by molar-refractivity contribution is 0.197. The number of nitrogens with zero attached hydrogens (tertiary/aromatic N) is 5. The fourth-order valence-electron chi connectivity index (χ4n) is 2.74. The van der Waals surface area contributed by atoms with Crippen molar-refractivity contribution in [2.75, 3.05) is 19.6 Å². The molecule has 1 fully saturated rings. The van der Waals surface area contributed by atoms with E-state index < -0.39 is 0 Å². The van der Waals surface area contributed by atoms with E-state index in [0.717, 1.165) is 25.3 Å². The molecule has 1 N–H and O–H groups in total. The fourth-order valence-corrected chi connectivity index (χ4v) is 2.74. The Labute approximate surface area is 112 Å². The van der Waals surface area contributed by atoms with Crippen molar-refractivity contribution in [2.24, 2.45) is 0 Å². The van der Waals surface area contributed by atoms with Crippen LogP contribution in [0.3, 0.4) is 0 Å². The summed E-state index contributed by atoms with van der Waals surface area (Å²) in [6.45, 7) is 6.27. The van der Waals surface area contributed by atoms with Gasteiger partial charge >= 0.3 is 0 Å². The van der Waals surface area contributed by atoms with Crippen molar-refractivity contribution in [2.45, 2.75) is 32.2 Å². The molecule has 1 aliphatic heterocycles. The number of aryl methyl sites for hydroxylation is 1. The summed E-state index contributed by atoms with van der Waals surface area (Å²) in [5, 5.41) is 11.6. The van der Waals surface area contributed by atoms with E-state index in [0.29, 0.717) is 5.92 Å². The normalized spacial score (nSPS) is 20.8. The van der Waals surface area contributed by atoms with Crippen molar-refractivity contribution in [3.8, 4) is 0 Å². The van der Waals surface area contributed by atoms with Crippen LogP contribution in [0.1, 0.15) is 30.1 Å². The molecule has 1 atom stereocenters. The van der Waals surface area contributed by atoms with Gasteiger partial charge in [-0.1, -0.05) is 0 Å². The molecular formula is C13H20N6. The van der Waals surface area contributed by atoms with E-state index in [-0.39, 0.29) is 0 Å². The summed E-state index contributed by atoms with van der Waals surface area (Å²) in [5.74, 6) is 0.564. The highest BCUT2D eigenvalue weighted by Gasteiger charge is 2.22. The van der Waals surface area contributed by atoms with Gasteiger partial charge in [0, 0.05) is 24.7 Å². The number of hydrogen-bond acceptors (Lipinski definition) is 4. The average molecular weight is 260 g/mol. The molecule has 102 valence electrons. The molecule has 1 saturated heterocycles. The minimum absolute atomic E-state index is 0.564. The first-order valence-corrected chi connectivity index (χ1v) is 6.88. The topological polar surface area (TPSA) is 62.6 Å². The van der Waals surface area contributed by atoms with E-state index in [1.807, 2.05) is 4.68 Å². The van der Waals surface area contributed by atoms with E-state index in [9.17, 15) is 0 Å². The van der Waals surface area contributed by atoms with Crippen LogP contribution in [-0.2, 0) is 6.54 Å². The molecule has 0 spiro atoms. The summed E-state index contributed by atoms with van der Waals surface area (Å²) in [4.78, 5) is 6.47. The van der Waals surface area contributed by atoms with Gasteiger partial charge in [-0.15, -0.1) is 0 Å². The van der Waals surface area contributed by atoms with E-state index in [4.69, 9.17) is 0 Å². The summed E-state index contributed by atoms with van der Waals surface area (Å²) in [5.41, 5.74) is 2.36. The SMILES string of the molecule is Cc1cc([C@@H]2CCCN(CCn3cncn3)C2)n[nH]1. The van der Waals surface area contributed by atoms with Crippen molar-refractivity contribution in [3.63, 3.8) is 0 Å². The van der Waals surface area contributed by atoms with E-state index in [1.165, 1.54) is 25.1 Å². The van der Waals surface area contributed by atoms with Gasteiger partial charge in [0.1, 0.15) is 12.7 Å². The number of nitrogens with one attached hydrogen (secondary N) is 1. The minimum Gasteiger partial charge on any atom is -0.301 e. The monoisotopic (exact) mass is 260 g/mol. The zero-order valence-corrected chi connectivity index (χ0v) is 11.3. The first-order valence-electron chi connectivity index (χ1n) is 6.88. The molecule has 0 unspecified atom stereocenters. The Morgan fingerprint density at radius 1 is 1.42 bits per heavy atom. The first kappa shape index (κ1) is 12.3. The highest BCUT2D eigenvalue weighted by molar-refractivity contribution is 5.13. The molecule has 0 amide bonds. The standard InChI is InChI=1S/C13H20N6/c1-11-7-13(17-16-11)12-3-2-4-18(8-12)5-6-19-10-14-9-15-19/h7,9-10,12H,2-6,8H2,1H3,(H,16,17)/t12-/m1/s1. The number of rotatable bonds is 4. The molecule has 6 nitrogen and oxygen atoms in total. The van der Waals surface area contributed by atoms with Crippen LogP contribution in [0.5, 0.6) is 0 Å². The second-order valence-corrected chi connectivity index (χ2v) is 5.27. The highest BCUT2D eigenvalue weighted by atomic mass is 15.3. The first-order chi connectivity index (χ1) is 9.31. The maximum Gasteiger partial charge on any atom is 0.137 e. The third-order valence-electron chi connectivity index (χ3n) is 3.76. The van der Waals surface area contributed by atoms with Crippen LogP contribution in [0.4, 0.5) is 0 Å². The average Bonchev–Trinajstić information content (AvgIpc) is 3.08. The van der Waals surface area contributed by atoms with Crippen LogP contribution in [0, 0.1) is 6.92 Å². The van der Waals surface area contributed by atoms with Gasteiger partial charge in [0.2, 0.25) is 0 Å². The second kappa shape index (κ2) is 5.52. The van der Waals surface area contributed by atoms with E-state index in [1.54, 1.807) is 12.7 Å². The Balaban J connectivity index is 1.56. The zero-order chi connectivity index (χ0) is 13.1. The number of likely N-dealkylation sites (tertiary alicyclic amines) is 1. The Kier molecular flexibility index (Phi) is 3.59. The molecule has 0 saturated carbocycles. The fraction of sp³-hybridized carbons (Fsp3) is 0.615. The summed E-state index contributed by atoms with van der Waals surface area (Å²) >= 11 is 0. The van der Waals surface area contributed by atoms with Gasteiger partial charge in [-0.25, -0.2) is 4.98 Å². The van der Waals surface area contributed by atoms with Crippen LogP contribution in [0.2, 0.25) is 0 Å². The smallest absolute Gasteiger partial charge is 0.137 e. The van der Waals surface area contributed by atoms with Gasteiger partial charge in [-0.2, -0.15) is 10.2 Å². The Bertz CT molecular complexity index is 503. The number of piperidine rings is 1. The summed E-state index contributed by atoms with van der Waals surface area (Å²) in [6.07, 6.45) is 5.85. The van der Waals surface area contributed by atoms with Crippen LogP contribution < -0.4 is 0 Å². The maximum absolute atomic E-state index is 4.40. The molecule has 6 heteroatoms. The molecular weight excluding hydrogens is 240 g/mol. The molecule has 0 bridgehead atoms. The van der Waals surface area contributed by atoms with Gasteiger partial charge in [0.05, 0.1) is 12.2 Å². The Morgan fingerprint density at radius 3 is 3.11 bits per heavy atom. The summed E-state index contributed by atoms with van der Waals surface area (Å²) in [6, 6.07) is 2.17. The van der Waals surface area contributed by atoms with Gasteiger partial charge in [0.15, 0.2) is 0 Å². The number of hydrogen-bond donors (Lipinski definition) is 1. The second-order valence-electron chi connectivity index (χ2n) is 5.27. The zero-order valence-electron chi connectivity index (χ0n) is 11.3. The van der Waals surface area contributed by atoms with E-state index >= 15 is 0 Å². The Morgan fingerprint density at radius 2 is 2.37 bits per heavy atom. The number of aromatic amines is 1. The van der Waals surface area contributed by atoms with Crippen molar-refractivity contribution in [1.29, 1.82) is 0 Å². The molecule has 2 aromatic rings. The van der Waals surface area contributed by atoms with E-state index in [2.05, 4.69) is 38.2 Å². The molecule has 0 aromatic carbocycles. The minimum atomic E-state index is 0.564. The van der Waals surface area contributed by atoms with Crippen molar-refractivity contribution in [3.05, 3.63) is 30.1 Å².